The number of hydrogen-bond acceptors (Lipinski definition) is 5. The highest BCUT2D eigenvalue weighted by Gasteiger charge is 2.32. The smallest absolute Gasteiger partial charge is 0.343 e. The summed E-state index contributed by atoms with van der Waals surface area (Å²) in [6, 6.07) is 14.3. The van der Waals surface area contributed by atoms with E-state index in [2.05, 4.69) is 14.3 Å². The van der Waals surface area contributed by atoms with Crippen LogP contribution in [0.3, 0.4) is 0 Å². The highest BCUT2D eigenvalue weighted by atomic mass is 32.1. The quantitative estimate of drug-likeness (QED) is 0.592. The number of carbonyl (C=O) groups is 1. The van der Waals surface area contributed by atoms with Gasteiger partial charge in [0.25, 0.3) is 5.91 Å². The van der Waals surface area contributed by atoms with Gasteiger partial charge in [0.2, 0.25) is 5.13 Å². The van der Waals surface area contributed by atoms with Crippen LogP contribution in [-0.4, -0.2) is 45.8 Å². The Balaban J connectivity index is 1.39. The van der Waals surface area contributed by atoms with E-state index in [1.54, 1.807) is 4.90 Å². The van der Waals surface area contributed by atoms with Crippen LogP contribution in [-0.2, 0) is 12.6 Å². The molecule has 1 amide bonds. The number of alkyl halides is 3. The first-order valence-corrected chi connectivity index (χ1v) is 10.7. The summed E-state index contributed by atoms with van der Waals surface area (Å²) in [5.74, 6) is 0.505. The average Bonchev–Trinajstić information content (AvgIpc) is 3.22. The maximum Gasteiger partial charge on any atom is 0.416 e. The highest BCUT2D eigenvalue weighted by Crippen LogP contribution is 2.29. The molecule has 1 aromatic heterocycles. The van der Waals surface area contributed by atoms with Crippen molar-refractivity contribution >= 4 is 22.6 Å². The molecule has 0 bridgehead atoms. The molecule has 1 unspecified atom stereocenters. The normalized spacial score (nSPS) is 17.1. The van der Waals surface area contributed by atoms with E-state index in [0.717, 1.165) is 28.7 Å². The summed E-state index contributed by atoms with van der Waals surface area (Å²) in [5.41, 5.74) is 0.644. The Morgan fingerprint density at radius 3 is 2.45 bits per heavy atom. The van der Waals surface area contributed by atoms with Crippen LogP contribution in [0.4, 0.5) is 18.3 Å². The number of piperazine rings is 1. The number of hydrogen-bond donors (Lipinski definition) is 0. The van der Waals surface area contributed by atoms with E-state index in [9.17, 15) is 18.0 Å². The van der Waals surface area contributed by atoms with Crippen molar-refractivity contribution in [3.63, 3.8) is 0 Å². The van der Waals surface area contributed by atoms with Crippen molar-refractivity contribution < 1.29 is 18.0 Å². The maximum absolute atomic E-state index is 12.8. The number of carbonyl (C=O) groups excluding carboxylic acids is 1. The van der Waals surface area contributed by atoms with E-state index in [1.165, 1.54) is 23.7 Å². The van der Waals surface area contributed by atoms with Gasteiger partial charge in [-0.2, -0.15) is 17.5 Å². The second-order valence-corrected chi connectivity index (χ2v) is 8.25. The lowest BCUT2D eigenvalue weighted by Gasteiger charge is -2.39. The van der Waals surface area contributed by atoms with Gasteiger partial charge in [0.15, 0.2) is 0 Å². The molecule has 3 aromatic rings. The number of aromatic nitrogens is 2. The van der Waals surface area contributed by atoms with Crippen molar-refractivity contribution in [1.29, 1.82) is 0 Å². The first-order valence-electron chi connectivity index (χ1n) is 9.91. The molecule has 162 valence electrons. The number of amides is 1. The predicted octanol–water partition coefficient (Wildman–Crippen LogP) is 4.50. The van der Waals surface area contributed by atoms with Crippen LogP contribution in [0.1, 0.15) is 34.2 Å². The fourth-order valence-corrected chi connectivity index (χ4v) is 4.34. The van der Waals surface area contributed by atoms with E-state index in [1.807, 2.05) is 37.3 Å². The summed E-state index contributed by atoms with van der Waals surface area (Å²) >= 11 is 1.34. The lowest BCUT2D eigenvalue weighted by molar-refractivity contribution is -0.137. The number of rotatable bonds is 4. The minimum atomic E-state index is -4.42. The second-order valence-electron chi connectivity index (χ2n) is 7.52. The van der Waals surface area contributed by atoms with Crippen molar-refractivity contribution in [3.8, 4) is 0 Å². The van der Waals surface area contributed by atoms with Crippen LogP contribution in [0.25, 0.3) is 0 Å². The lowest BCUT2D eigenvalue weighted by atomic mass is 10.1. The number of nitrogens with zero attached hydrogens (tertiary/aromatic N) is 4. The van der Waals surface area contributed by atoms with Crippen molar-refractivity contribution in [3.05, 3.63) is 77.1 Å². The third-order valence-electron chi connectivity index (χ3n) is 5.28. The Kier molecular flexibility index (Phi) is 5.95. The highest BCUT2D eigenvalue weighted by molar-refractivity contribution is 7.09. The second kappa shape index (κ2) is 8.66. The fourth-order valence-electron chi connectivity index (χ4n) is 3.62. The Bertz CT molecular complexity index is 1040. The third kappa shape index (κ3) is 4.87. The molecule has 9 heteroatoms. The zero-order valence-electron chi connectivity index (χ0n) is 16.8. The Hall–Kier alpha value is -2.94. The minimum absolute atomic E-state index is 0.106. The van der Waals surface area contributed by atoms with Crippen LogP contribution in [0, 0.1) is 0 Å². The lowest BCUT2D eigenvalue weighted by Crippen LogP contribution is -2.54. The van der Waals surface area contributed by atoms with Crippen molar-refractivity contribution in [2.24, 2.45) is 0 Å². The van der Waals surface area contributed by atoms with Gasteiger partial charge < -0.3 is 9.80 Å². The Morgan fingerprint density at radius 2 is 1.81 bits per heavy atom. The molecule has 0 radical (unpaired) electrons. The van der Waals surface area contributed by atoms with Crippen LogP contribution in [0.2, 0.25) is 0 Å². The van der Waals surface area contributed by atoms with E-state index in [0.29, 0.717) is 26.1 Å². The molecule has 1 atom stereocenters. The number of halogens is 3. The first kappa shape index (κ1) is 21.3. The van der Waals surface area contributed by atoms with Crippen LogP contribution in [0.15, 0.2) is 54.6 Å². The molecule has 0 N–H and O–H groups in total. The molecule has 5 nitrogen and oxygen atoms in total. The first-order chi connectivity index (χ1) is 14.8. The summed E-state index contributed by atoms with van der Waals surface area (Å²) in [4.78, 5) is 21.3. The third-order valence-corrected chi connectivity index (χ3v) is 6.10. The van der Waals surface area contributed by atoms with Gasteiger partial charge in [-0.15, -0.1) is 0 Å². The van der Waals surface area contributed by atoms with E-state index in [-0.39, 0.29) is 17.5 Å². The van der Waals surface area contributed by atoms with Gasteiger partial charge in [-0.05, 0) is 36.8 Å². The van der Waals surface area contributed by atoms with Crippen molar-refractivity contribution in [2.45, 2.75) is 25.6 Å². The monoisotopic (exact) mass is 446 g/mol. The van der Waals surface area contributed by atoms with Gasteiger partial charge >= 0.3 is 6.18 Å². The van der Waals surface area contributed by atoms with Crippen LogP contribution in [0.5, 0.6) is 0 Å². The van der Waals surface area contributed by atoms with Crippen LogP contribution >= 0.6 is 11.5 Å². The number of anilines is 1. The average molecular weight is 446 g/mol. The van der Waals surface area contributed by atoms with E-state index >= 15 is 0 Å². The molecule has 1 aliphatic heterocycles. The SMILES string of the molecule is CC1CN(c2nc(Cc3ccccc3)ns2)CCN1C(=O)c1ccc(C(F)(F)F)cc1. The molecule has 1 saturated heterocycles. The van der Waals surface area contributed by atoms with Gasteiger partial charge in [0.05, 0.1) is 5.56 Å². The van der Waals surface area contributed by atoms with Gasteiger partial charge in [-0.3, -0.25) is 4.79 Å². The molecule has 2 aromatic carbocycles. The summed E-state index contributed by atoms with van der Waals surface area (Å²) in [7, 11) is 0. The van der Waals surface area contributed by atoms with E-state index in [4.69, 9.17) is 0 Å². The summed E-state index contributed by atoms with van der Waals surface area (Å²) in [6.45, 7) is 3.58. The molecule has 31 heavy (non-hydrogen) atoms. The summed E-state index contributed by atoms with van der Waals surface area (Å²) in [6.07, 6.45) is -3.75. The van der Waals surface area contributed by atoms with Crippen molar-refractivity contribution in [2.75, 3.05) is 24.5 Å². The molecule has 0 spiro atoms. The standard InChI is InChI=1S/C22H21F3N4OS/c1-15-14-28(21-26-19(27-31-21)13-16-5-3-2-4-6-16)11-12-29(15)20(30)17-7-9-18(10-8-17)22(23,24)25/h2-10,15H,11-14H2,1H3. The summed E-state index contributed by atoms with van der Waals surface area (Å²) in [5, 5.41) is 0.819. The molecule has 2 heterocycles. The Morgan fingerprint density at radius 1 is 1.10 bits per heavy atom. The molecule has 0 saturated carbocycles. The topological polar surface area (TPSA) is 49.3 Å². The van der Waals surface area contributed by atoms with Gasteiger partial charge in [-0.1, -0.05) is 30.3 Å². The zero-order valence-corrected chi connectivity index (χ0v) is 17.7. The van der Waals surface area contributed by atoms with Gasteiger partial charge in [0, 0.05) is 49.2 Å². The largest absolute Gasteiger partial charge is 0.416 e. The predicted molar refractivity (Wildman–Crippen MR) is 113 cm³/mol. The molecular formula is C22H21F3N4OS. The summed E-state index contributed by atoms with van der Waals surface area (Å²) < 4.78 is 42.7. The molecule has 1 fully saturated rings. The van der Waals surface area contributed by atoms with Gasteiger partial charge in [0.1, 0.15) is 5.82 Å². The number of benzene rings is 2. The molecule has 1 aliphatic rings. The molecule has 0 aliphatic carbocycles. The zero-order chi connectivity index (χ0) is 22.0. The van der Waals surface area contributed by atoms with Crippen molar-refractivity contribution in [1.82, 2.24) is 14.3 Å². The molecule has 4 rings (SSSR count). The van der Waals surface area contributed by atoms with Gasteiger partial charge in [-0.25, -0.2) is 4.98 Å². The maximum atomic E-state index is 12.8. The minimum Gasteiger partial charge on any atom is -0.343 e. The van der Waals surface area contributed by atoms with E-state index < -0.39 is 11.7 Å². The van der Waals surface area contributed by atoms with Crippen LogP contribution < -0.4 is 4.90 Å². The fraction of sp³-hybridized carbons (Fsp3) is 0.318. The molecular weight excluding hydrogens is 425 g/mol. The Labute approximate surface area is 182 Å².